The third-order valence-corrected chi connectivity index (χ3v) is 10.7. The number of aryl methyl sites for hydroxylation is 2. The predicted molar refractivity (Wildman–Crippen MR) is 162 cm³/mol. The predicted octanol–water partition coefficient (Wildman–Crippen LogP) is 1.44. The van der Waals surface area contributed by atoms with Gasteiger partial charge in [-0.25, -0.2) is 18.4 Å². The summed E-state index contributed by atoms with van der Waals surface area (Å²) in [5, 5.41) is 0. The molecule has 13 nitrogen and oxygen atoms in total. The van der Waals surface area contributed by atoms with Crippen LogP contribution in [0.25, 0.3) is 28.1 Å². The second kappa shape index (κ2) is 11.1. The van der Waals surface area contributed by atoms with Gasteiger partial charge in [0.15, 0.2) is 17.0 Å². The zero-order valence-corrected chi connectivity index (χ0v) is 25.5. The Balaban J connectivity index is 1.23. The number of carbonyl (C=O) groups is 1. The van der Waals surface area contributed by atoms with E-state index in [0.29, 0.717) is 87.4 Å². The average Bonchev–Trinajstić information content (AvgIpc) is 3.58. The number of nitrogens with zero attached hydrogens (tertiary/aromatic N) is 9. The van der Waals surface area contributed by atoms with Gasteiger partial charge in [0.1, 0.15) is 15.7 Å². The summed E-state index contributed by atoms with van der Waals surface area (Å²) in [6.07, 6.45) is 2.04. The molecule has 0 spiro atoms. The Hall–Kier alpha value is -3.62. The molecule has 4 aromatic rings. The first-order valence-electron chi connectivity index (χ1n) is 15.1. The number of morpholine rings is 1. The lowest BCUT2D eigenvalue weighted by atomic mass is 10.1. The molecule has 3 aromatic heterocycles. The average molecular weight is 608 g/mol. The minimum Gasteiger partial charge on any atom is -0.378 e. The van der Waals surface area contributed by atoms with E-state index in [1.165, 1.54) is 0 Å². The van der Waals surface area contributed by atoms with E-state index in [1.54, 1.807) is 4.57 Å². The van der Waals surface area contributed by atoms with E-state index < -0.39 is 9.84 Å². The Morgan fingerprint density at radius 1 is 0.953 bits per heavy atom. The van der Waals surface area contributed by atoms with Crippen molar-refractivity contribution < 1.29 is 17.9 Å². The van der Waals surface area contributed by atoms with Crippen molar-refractivity contribution in [1.82, 2.24) is 38.9 Å². The molecule has 0 N–H and O–H groups in total. The van der Waals surface area contributed by atoms with E-state index in [1.807, 2.05) is 40.8 Å². The number of imidazole rings is 2. The number of aromatic nitrogens is 6. The normalized spacial score (nSPS) is 20.3. The number of amides is 1. The van der Waals surface area contributed by atoms with Crippen LogP contribution in [-0.4, -0.2) is 123 Å². The molecule has 1 amide bonds. The molecule has 3 aliphatic heterocycles. The SMILES string of the molecule is CCc1nc2ccccc2n1-c1nc(N2CCOCC2)c2nc(C(=O)N3CCN(C4CCS(=O)(=O)CC4)CC3)n(C)c2n1. The van der Waals surface area contributed by atoms with E-state index >= 15 is 0 Å². The molecular weight excluding hydrogens is 570 g/mol. The monoisotopic (exact) mass is 607 g/mol. The molecule has 0 bridgehead atoms. The third-order valence-electron chi connectivity index (χ3n) is 8.98. The highest BCUT2D eigenvalue weighted by atomic mass is 32.2. The van der Waals surface area contributed by atoms with Crippen LogP contribution in [0.4, 0.5) is 5.82 Å². The number of sulfone groups is 1. The molecule has 0 unspecified atom stereocenters. The van der Waals surface area contributed by atoms with Gasteiger partial charge < -0.3 is 19.1 Å². The molecule has 43 heavy (non-hydrogen) atoms. The minimum absolute atomic E-state index is 0.136. The van der Waals surface area contributed by atoms with Crippen LogP contribution in [-0.2, 0) is 28.0 Å². The Morgan fingerprint density at radius 3 is 2.40 bits per heavy atom. The summed E-state index contributed by atoms with van der Waals surface area (Å²) in [7, 11) is -1.06. The molecule has 228 valence electrons. The van der Waals surface area contributed by atoms with Crippen LogP contribution in [0.5, 0.6) is 0 Å². The number of benzene rings is 1. The van der Waals surface area contributed by atoms with Crippen molar-refractivity contribution in [3.05, 3.63) is 35.9 Å². The minimum atomic E-state index is -2.91. The maximum absolute atomic E-state index is 13.9. The Kier molecular flexibility index (Phi) is 7.30. The number of hydrogen-bond acceptors (Lipinski definition) is 10. The first-order chi connectivity index (χ1) is 20.8. The molecule has 0 aliphatic carbocycles. The topological polar surface area (TPSA) is 132 Å². The summed E-state index contributed by atoms with van der Waals surface area (Å²) in [5.41, 5.74) is 3.00. The zero-order valence-electron chi connectivity index (χ0n) is 24.6. The van der Waals surface area contributed by atoms with Crippen LogP contribution >= 0.6 is 0 Å². The van der Waals surface area contributed by atoms with Gasteiger partial charge in [-0.05, 0) is 25.0 Å². The Morgan fingerprint density at radius 2 is 1.67 bits per heavy atom. The smallest absolute Gasteiger partial charge is 0.290 e. The van der Waals surface area contributed by atoms with Gasteiger partial charge >= 0.3 is 0 Å². The molecule has 1 aromatic carbocycles. The third kappa shape index (κ3) is 5.14. The number of fused-ring (bicyclic) bond motifs is 2. The number of para-hydroxylation sites is 2. The van der Waals surface area contributed by atoms with Gasteiger partial charge in [-0.1, -0.05) is 19.1 Å². The largest absolute Gasteiger partial charge is 0.378 e. The fourth-order valence-corrected chi connectivity index (χ4v) is 8.00. The lowest BCUT2D eigenvalue weighted by molar-refractivity contribution is 0.0544. The molecule has 0 radical (unpaired) electrons. The van der Waals surface area contributed by atoms with Gasteiger partial charge in [-0.15, -0.1) is 0 Å². The number of rotatable bonds is 5. The van der Waals surface area contributed by atoms with E-state index in [-0.39, 0.29) is 23.5 Å². The van der Waals surface area contributed by atoms with Crippen molar-refractivity contribution in [2.75, 3.05) is 68.9 Å². The van der Waals surface area contributed by atoms with E-state index in [9.17, 15) is 13.2 Å². The summed E-state index contributed by atoms with van der Waals surface area (Å²) < 4.78 is 33.2. The van der Waals surface area contributed by atoms with Crippen LogP contribution in [0.3, 0.4) is 0 Å². The second-order valence-electron chi connectivity index (χ2n) is 11.5. The van der Waals surface area contributed by atoms with Gasteiger partial charge in [-0.2, -0.15) is 9.97 Å². The number of anilines is 1. The highest BCUT2D eigenvalue weighted by molar-refractivity contribution is 7.91. The summed E-state index contributed by atoms with van der Waals surface area (Å²) in [6.45, 7) is 7.15. The van der Waals surface area contributed by atoms with Crippen molar-refractivity contribution in [3.63, 3.8) is 0 Å². The number of ether oxygens (including phenoxy) is 1. The quantitative estimate of drug-likeness (QED) is 0.328. The van der Waals surface area contributed by atoms with Gasteiger partial charge in [-0.3, -0.25) is 14.3 Å². The Labute approximate surface area is 250 Å². The van der Waals surface area contributed by atoms with Crippen molar-refractivity contribution >= 4 is 43.8 Å². The molecule has 0 atom stereocenters. The lowest BCUT2D eigenvalue weighted by Crippen LogP contribution is -2.53. The molecular formula is C29H37N9O4S. The molecule has 0 saturated carbocycles. The van der Waals surface area contributed by atoms with Crippen LogP contribution in [0.2, 0.25) is 0 Å². The van der Waals surface area contributed by atoms with Crippen molar-refractivity contribution in [2.24, 2.45) is 7.05 Å². The standard InChI is InChI=1S/C29H37N9O4S/c1-3-23-30-21-6-4-5-7-22(21)38(23)29-32-25-24(26(33-29)36-14-16-42-17-15-36)31-27(34(25)2)28(39)37-12-10-35(11-13-37)20-8-18-43(40,41)19-9-20/h4-7,20H,3,8-19H2,1-2H3. The molecule has 14 heteroatoms. The van der Waals surface area contributed by atoms with E-state index in [2.05, 4.69) is 16.7 Å². The maximum atomic E-state index is 13.9. The van der Waals surface area contributed by atoms with E-state index in [0.717, 1.165) is 29.9 Å². The van der Waals surface area contributed by atoms with Crippen molar-refractivity contribution in [2.45, 2.75) is 32.2 Å². The molecule has 3 fully saturated rings. The van der Waals surface area contributed by atoms with Crippen LogP contribution in [0.1, 0.15) is 36.2 Å². The molecule has 3 saturated heterocycles. The molecule has 7 rings (SSSR count). The summed E-state index contributed by atoms with van der Waals surface area (Å²) in [4.78, 5) is 40.0. The maximum Gasteiger partial charge on any atom is 0.290 e. The second-order valence-corrected chi connectivity index (χ2v) is 13.8. The highest BCUT2D eigenvalue weighted by Gasteiger charge is 2.33. The first kappa shape index (κ1) is 28.2. The van der Waals surface area contributed by atoms with E-state index in [4.69, 9.17) is 24.7 Å². The number of carbonyl (C=O) groups excluding carboxylic acids is 1. The summed E-state index contributed by atoms with van der Waals surface area (Å²) >= 11 is 0. The van der Waals surface area contributed by atoms with Gasteiger partial charge in [0.25, 0.3) is 5.91 Å². The van der Waals surface area contributed by atoms with Crippen LogP contribution in [0.15, 0.2) is 24.3 Å². The molecule has 6 heterocycles. The van der Waals surface area contributed by atoms with Crippen molar-refractivity contribution in [1.29, 1.82) is 0 Å². The van der Waals surface area contributed by atoms with Crippen molar-refractivity contribution in [3.8, 4) is 5.95 Å². The molecule has 3 aliphatic rings. The first-order valence-corrected chi connectivity index (χ1v) is 16.9. The van der Waals surface area contributed by atoms with Gasteiger partial charge in [0.2, 0.25) is 11.8 Å². The zero-order chi connectivity index (χ0) is 29.7. The number of hydrogen-bond donors (Lipinski definition) is 0. The van der Waals surface area contributed by atoms with Gasteiger partial charge in [0.05, 0.1) is 35.8 Å². The fraction of sp³-hybridized carbons (Fsp3) is 0.552. The summed E-state index contributed by atoms with van der Waals surface area (Å²) in [5.74, 6) is 2.75. The number of piperazine rings is 1. The highest BCUT2D eigenvalue weighted by Crippen LogP contribution is 2.29. The van der Waals surface area contributed by atoms with Gasteiger partial charge in [0, 0.05) is 58.8 Å². The summed E-state index contributed by atoms with van der Waals surface area (Å²) in [6, 6.07) is 8.23. The fourth-order valence-electron chi connectivity index (χ4n) is 6.53. The Bertz CT molecular complexity index is 1770. The lowest BCUT2D eigenvalue weighted by Gasteiger charge is -2.40. The van der Waals surface area contributed by atoms with Crippen LogP contribution in [0, 0.1) is 0 Å². The van der Waals surface area contributed by atoms with Crippen LogP contribution < -0.4 is 4.90 Å².